The molecule has 6 nitrogen and oxygen atoms in total. The zero-order chi connectivity index (χ0) is 14.3. The molecule has 0 aromatic carbocycles. The van der Waals surface area contributed by atoms with Crippen molar-refractivity contribution in [3.05, 3.63) is 0 Å². The van der Waals surface area contributed by atoms with E-state index < -0.39 is 0 Å². The Morgan fingerprint density at radius 2 is 1.84 bits per heavy atom. The predicted octanol–water partition coefficient (Wildman–Crippen LogP) is -0.216. The average molecular weight is 271 g/mol. The van der Waals surface area contributed by atoms with Gasteiger partial charge in [-0.2, -0.15) is 0 Å². The molecule has 1 aliphatic carbocycles. The third-order valence-corrected chi connectivity index (χ3v) is 3.03. The molecule has 0 aliphatic heterocycles. The molecule has 1 rings (SSSR count). The van der Waals surface area contributed by atoms with Gasteiger partial charge in [-0.05, 0) is 33.1 Å². The minimum absolute atomic E-state index is 0.0402. The van der Waals surface area contributed by atoms with Crippen LogP contribution in [0.25, 0.3) is 0 Å². The molecule has 0 bridgehead atoms. The Hall–Kier alpha value is -1.14. The number of nitrogens with one attached hydrogen (secondary N) is 3. The number of amides is 2. The Bertz CT molecular complexity index is 306. The standard InChI is InChI=1S/C13H25N3O3/c1-9(12(17)14-7-4-8-19-3)15-10(2)13(18)16-11-5-6-11/h9-11,15H,4-8H2,1-3H3,(H,14,17)(H,16,18). The van der Waals surface area contributed by atoms with Crippen LogP contribution in [0.4, 0.5) is 0 Å². The summed E-state index contributed by atoms with van der Waals surface area (Å²) in [7, 11) is 1.63. The van der Waals surface area contributed by atoms with Crippen LogP contribution in [0, 0.1) is 0 Å². The fourth-order valence-corrected chi connectivity index (χ4v) is 1.66. The highest BCUT2D eigenvalue weighted by Crippen LogP contribution is 2.18. The number of hydrogen-bond acceptors (Lipinski definition) is 4. The first kappa shape index (κ1) is 15.9. The van der Waals surface area contributed by atoms with Crippen molar-refractivity contribution in [2.24, 2.45) is 0 Å². The molecule has 0 saturated heterocycles. The second-order valence-corrected chi connectivity index (χ2v) is 5.03. The van der Waals surface area contributed by atoms with Crippen LogP contribution in [0.2, 0.25) is 0 Å². The topological polar surface area (TPSA) is 79.5 Å². The van der Waals surface area contributed by atoms with Crippen molar-refractivity contribution < 1.29 is 14.3 Å². The lowest BCUT2D eigenvalue weighted by atomic mass is 10.2. The highest BCUT2D eigenvalue weighted by molar-refractivity contribution is 5.85. The average Bonchev–Trinajstić information content (AvgIpc) is 3.18. The second kappa shape index (κ2) is 8.12. The monoisotopic (exact) mass is 271 g/mol. The van der Waals surface area contributed by atoms with Gasteiger partial charge >= 0.3 is 0 Å². The summed E-state index contributed by atoms with van der Waals surface area (Å²) < 4.78 is 4.90. The molecule has 0 radical (unpaired) electrons. The molecular weight excluding hydrogens is 246 g/mol. The number of methoxy groups -OCH3 is 1. The maximum atomic E-state index is 11.8. The number of hydrogen-bond donors (Lipinski definition) is 3. The Morgan fingerprint density at radius 1 is 1.21 bits per heavy atom. The third kappa shape index (κ3) is 6.54. The van der Waals surface area contributed by atoms with Crippen LogP contribution in [0.15, 0.2) is 0 Å². The molecule has 0 aromatic rings. The molecule has 0 spiro atoms. The van der Waals surface area contributed by atoms with Crippen molar-refractivity contribution in [1.29, 1.82) is 0 Å². The molecule has 3 N–H and O–H groups in total. The van der Waals surface area contributed by atoms with Gasteiger partial charge < -0.3 is 15.4 Å². The molecular formula is C13H25N3O3. The molecule has 1 saturated carbocycles. The van der Waals surface area contributed by atoms with Gasteiger partial charge in [0, 0.05) is 26.3 Å². The minimum Gasteiger partial charge on any atom is -0.385 e. The minimum atomic E-state index is -0.387. The van der Waals surface area contributed by atoms with Gasteiger partial charge in [-0.25, -0.2) is 0 Å². The number of carbonyl (C=O) groups is 2. The van der Waals surface area contributed by atoms with Crippen LogP contribution in [0.1, 0.15) is 33.1 Å². The van der Waals surface area contributed by atoms with Gasteiger partial charge in [0.2, 0.25) is 11.8 Å². The van der Waals surface area contributed by atoms with E-state index in [0.29, 0.717) is 19.2 Å². The normalized spacial score (nSPS) is 17.6. The molecule has 2 amide bonds. The van der Waals surface area contributed by atoms with E-state index in [1.807, 2.05) is 0 Å². The Morgan fingerprint density at radius 3 is 2.42 bits per heavy atom. The number of carbonyl (C=O) groups excluding carboxylic acids is 2. The van der Waals surface area contributed by atoms with Crippen LogP contribution in [0.3, 0.4) is 0 Å². The van der Waals surface area contributed by atoms with Gasteiger partial charge in [-0.15, -0.1) is 0 Å². The van der Waals surface area contributed by atoms with Crippen LogP contribution in [-0.4, -0.2) is 50.2 Å². The van der Waals surface area contributed by atoms with Crippen LogP contribution in [-0.2, 0) is 14.3 Å². The number of ether oxygens (including phenoxy) is 1. The molecule has 2 unspecified atom stereocenters. The Balaban J connectivity index is 2.18. The summed E-state index contributed by atoms with van der Waals surface area (Å²) in [6, 6.07) is -0.405. The van der Waals surface area contributed by atoms with E-state index in [0.717, 1.165) is 19.3 Å². The summed E-state index contributed by atoms with van der Waals surface area (Å²) in [4.78, 5) is 23.5. The molecule has 0 heterocycles. The maximum absolute atomic E-state index is 11.8. The van der Waals surface area contributed by atoms with Crippen LogP contribution in [0.5, 0.6) is 0 Å². The van der Waals surface area contributed by atoms with E-state index in [1.54, 1.807) is 21.0 Å². The second-order valence-electron chi connectivity index (χ2n) is 5.03. The molecule has 6 heteroatoms. The third-order valence-electron chi connectivity index (χ3n) is 3.03. The molecule has 19 heavy (non-hydrogen) atoms. The predicted molar refractivity (Wildman–Crippen MR) is 72.7 cm³/mol. The Kier molecular flexibility index (Phi) is 6.80. The van der Waals surface area contributed by atoms with Crippen molar-refractivity contribution in [3.63, 3.8) is 0 Å². The zero-order valence-electron chi connectivity index (χ0n) is 12.0. The van der Waals surface area contributed by atoms with Crippen molar-refractivity contribution in [2.45, 2.75) is 51.2 Å². The number of rotatable bonds is 9. The summed E-state index contributed by atoms with van der Waals surface area (Å²) in [5.74, 6) is -0.135. The first-order valence-corrected chi connectivity index (χ1v) is 6.87. The van der Waals surface area contributed by atoms with Crippen molar-refractivity contribution >= 4 is 11.8 Å². The van der Waals surface area contributed by atoms with E-state index in [4.69, 9.17) is 4.74 Å². The van der Waals surface area contributed by atoms with Crippen molar-refractivity contribution in [3.8, 4) is 0 Å². The molecule has 0 aromatic heterocycles. The summed E-state index contributed by atoms with van der Waals surface area (Å²) in [6.45, 7) is 4.74. The lowest BCUT2D eigenvalue weighted by Gasteiger charge is -2.19. The molecule has 110 valence electrons. The van der Waals surface area contributed by atoms with Gasteiger partial charge in [0.05, 0.1) is 12.1 Å². The smallest absolute Gasteiger partial charge is 0.237 e. The lowest BCUT2D eigenvalue weighted by Crippen LogP contribution is -2.51. The SMILES string of the molecule is COCCCNC(=O)C(C)NC(C)C(=O)NC1CC1. The first-order valence-electron chi connectivity index (χ1n) is 6.87. The van der Waals surface area contributed by atoms with E-state index in [-0.39, 0.29) is 23.9 Å². The fourth-order valence-electron chi connectivity index (χ4n) is 1.66. The molecule has 1 fully saturated rings. The van der Waals surface area contributed by atoms with Gasteiger partial charge in [-0.3, -0.25) is 14.9 Å². The summed E-state index contributed by atoms with van der Waals surface area (Å²) in [5, 5.41) is 8.71. The zero-order valence-corrected chi connectivity index (χ0v) is 12.0. The molecule has 2 atom stereocenters. The first-order chi connectivity index (χ1) is 9.04. The lowest BCUT2D eigenvalue weighted by molar-refractivity contribution is -0.125. The molecule has 1 aliphatic rings. The summed E-state index contributed by atoms with van der Waals surface area (Å²) >= 11 is 0. The summed E-state index contributed by atoms with van der Waals surface area (Å²) in [5.41, 5.74) is 0. The van der Waals surface area contributed by atoms with E-state index >= 15 is 0 Å². The van der Waals surface area contributed by atoms with Gasteiger partial charge in [0.25, 0.3) is 0 Å². The maximum Gasteiger partial charge on any atom is 0.237 e. The van der Waals surface area contributed by atoms with Gasteiger partial charge in [0.15, 0.2) is 0 Å². The van der Waals surface area contributed by atoms with Gasteiger partial charge in [-0.1, -0.05) is 0 Å². The van der Waals surface area contributed by atoms with E-state index in [1.165, 1.54) is 0 Å². The van der Waals surface area contributed by atoms with Crippen LogP contribution >= 0.6 is 0 Å². The van der Waals surface area contributed by atoms with Gasteiger partial charge in [0.1, 0.15) is 0 Å². The van der Waals surface area contributed by atoms with Crippen molar-refractivity contribution in [2.75, 3.05) is 20.3 Å². The summed E-state index contributed by atoms with van der Waals surface area (Å²) in [6.07, 6.45) is 2.91. The van der Waals surface area contributed by atoms with E-state index in [2.05, 4.69) is 16.0 Å². The quantitative estimate of drug-likeness (QED) is 0.507. The van der Waals surface area contributed by atoms with Crippen molar-refractivity contribution in [1.82, 2.24) is 16.0 Å². The van der Waals surface area contributed by atoms with E-state index in [9.17, 15) is 9.59 Å². The van der Waals surface area contributed by atoms with Crippen LogP contribution < -0.4 is 16.0 Å². The largest absolute Gasteiger partial charge is 0.385 e. The fraction of sp³-hybridized carbons (Fsp3) is 0.846. The highest BCUT2D eigenvalue weighted by atomic mass is 16.5. The Labute approximate surface area is 114 Å². The highest BCUT2D eigenvalue weighted by Gasteiger charge is 2.26.